The number of nitrogens with zero attached hydrogens (tertiary/aromatic N) is 4. The normalized spacial score (nSPS) is 11.9. The highest BCUT2D eigenvalue weighted by Crippen LogP contribution is 2.24. The zero-order valence-electron chi connectivity index (χ0n) is 16.8. The molecule has 30 heavy (non-hydrogen) atoms. The standard InChI is InChI=1S/C19H22ClN5O3S2/c1-4-24(5-2)30(27,28)14-7-9-17-22-23-19(25(17)11-14)29-12-18(26)21-16-8-6-13(3)10-15(16)20/h6-11H,4-5,12H2,1-3H3,(H,21,26). The lowest BCUT2D eigenvalue weighted by Gasteiger charge is -2.18. The molecule has 1 amide bonds. The number of pyridine rings is 1. The number of aromatic nitrogens is 3. The van der Waals surface area contributed by atoms with E-state index >= 15 is 0 Å². The van der Waals surface area contributed by atoms with Crippen LogP contribution in [0.5, 0.6) is 0 Å². The van der Waals surface area contributed by atoms with Crippen LogP contribution in [0.15, 0.2) is 46.6 Å². The summed E-state index contributed by atoms with van der Waals surface area (Å²) in [4.78, 5) is 12.5. The molecule has 0 unspecified atom stereocenters. The van der Waals surface area contributed by atoms with Gasteiger partial charge in [-0.15, -0.1) is 10.2 Å². The second-order valence-corrected chi connectivity index (χ2v) is 9.77. The van der Waals surface area contributed by atoms with Crippen molar-refractivity contribution in [2.24, 2.45) is 0 Å². The first kappa shape index (κ1) is 22.5. The highest BCUT2D eigenvalue weighted by atomic mass is 35.5. The molecule has 2 heterocycles. The largest absolute Gasteiger partial charge is 0.324 e. The number of fused-ring (bicyclic) bond motifs is 1. The summed E-state index contributed by atoms with van der Waals surface area (Å²) in [7, 11) is -3.61. The number of thioether (sulfide) groups is 1. The molecule has 0 aliphatic carbocycles. The van der Waals surface area contributed by atoms with Crippen LogP contribution >= 0.6 is 23.4 Å². The van der Waals surface area contributed by atoms with Gasteiger partial charge in [0.25, 0.3) is 0 Å². The van der Waals surface area contributed by atoms with E-state index in [0.29, 0.717) is 34.6 Å². The molecule has 0 atom stereocenters. The van der Waals surface area contributed by atoms with Crippen LogP contribution in [0, 0.1) is 6.92 Å². The lowest BCUT2D eigenvalue weighted by atomic mass is 10.2. The predicted octanol–water partition coefficient (Wildman–Crippen LogP) is 3.45. The van der Waals surface area contributed by atoms with Crippen LogP contribution in [0.4, 0.5) is 5.69 Å². The molecule has 0 fully saturated rings. The minimum absolute atomic E-state index is 0.0675. The Labute approximate surface area is 184 Å². The third-order valence-electron chi connectivity index (χ3n) is 4.42. The maximum absolute atomic E-state index is 12.8. The van der Waals surface area contributed by atoms with Crippen molar-refractivity contribution in [3.05, 3.63) is 47.1 Å². The minimum Gasteiger partial charge on any atom is -0.324 e. The zero-order valence-corrected chi connectivity index (χ0v) is 19.2. The number of benzene rings is 1. The number of halogens is 1. The summed E-state index contributed by atoms with van der Waals surface area (Å²) < 4.78 is 28.5. The number of amides is 1. The van der Waals surface area contributed by atoms with Crippen molar-refractivity contribution < 1.29 is 13.2 Å². The molecule has 1 N–H and O–H groups in total. The molecule has 0 saturated heterocycles. The molecule has 0 saturated carbocycles. The maximum Gasteiger partial charge on any atom is 0.244 e. The van der Waals surface area contributed by atoms with E-state index in [0.717, 1.165) is 17.3 Å². The molecule has 160 valence electrons. The van der Waals surface area contributed by atoms with Crippen molar-refractivity contribution in [1.29, 1.82) is 0 Å². The fourth-order valence-corrected chi connectivity index (χ4v) is 5.31. The first-order chi connectivity index (χ1) is 14.3. The van der Waals surface area contributed by atoms with Gasteiger partial charge in [0.1, 0.15) is 0 Å². The van der Waals surface area contributed by atoms with Crippen molar-refractivity contribution in [3.63, 3.8) is 0 Å². The fraction of sp³-hybridized carbons (Fsp3) is 0.316. The van der Waals surface area contributed by atoms with Crippen molar-refractivity contribution in [1.82, 2.24) is 18.9 Å². The van der Waals surface area contributed by atoms with Crippen LogP contribution in [0.3, 0.4) is 0 Å². The molecule has 2 aromatic heterocycles. The van der Waals surface area contributed by atoms with Crippen molar-refractivity contribution in [2.75, 3.05) is 24.2 Å². The lowest BCUT2D eigenvalue weighted by molar-refractivity contribution is -0.113. The van der Waals surface area contributed by atoms with E-state index < -0.39 is 10.0 Å². The topological polar surface area (TPSA) is 96.7 Å². The monoisotopic (exact) mass is 467 g/mol. The van der Waals surface area contributed by atoms with Crippen LogP contribution < -0.4 is 5.32 Å². The molecule has 0 aliphatic rings. The summed E-state index contributed by atoms with van der Waals surface area (Å²) in [6.07, 6.45) is 1.49. The summed E-state index contributed by atoms with van der Waals surface area (Å²) in [5.74, 6) is -0.188. The van der Waals surface area contributed by atoms with Gasteiger partial charge in [-0.2, -0.15) is 4.31 Å². The smallest absolute Gasteiger partial charge is 0.244 e. The number of anilines is 1. The van der Waals surface area contributed by atoms with Gasteiger partial charge in [-0.1, -0.05) is 43.3 Å². The summed E-state index contributed by atoms with van der Waals surface area (Å²) >= 11 is 7.31. The van der Waals surface area contributed by atoms with Crippen LogP contribution in [0.25, 0.3) is 5.65 Å². The average Bonchev–Trinajstić information content (AvgIpc) is 3.11. The van der Waals surface area contributed by atoms with E-state index in [2.05, 4.69) is 15.5 Å². The van der Waals surface area contributed by atoms with E-state index in [1.54, 1.807) is 36.4 Å². The first-order valence-electron chi connectivity index (χ1n) is 9.30. The van der Waals surface area contributed by atoms with E-state index in [4.69, 9.17) is 11.6 Å². The third kappa shape index (κ3) is 4.77. The van der Waals surface area contributed by atoms with Gasteiger partial charge >= 0.3 is 0 Å². The number of carbonyl (C=O) groups excluding carboxylic acids is 1. The van der Waals surface area contributed by atoms with Gasteiger partial charge in [0.15, 0.2) is 10.8 Å². The van der Waals surface area contributed by atoms with E-state index in [9.17, 15) is 13.2 Å². The third-order valence-corrected chi connectivity index (χ3v) is 7.71. The number of carbonyl (C=O) groups is 1. The Balaban J connectivity index is 1.77. The van der Waals surface area contributed by atoms with Crippen molar-refractivity contribution in [2.45, 2.75) is 30.8 Å². The minimum atomic E-state index is -3.61. The number of nitrogens with one attached hydrogen (secondary N) is 1. The molecule has 8 nitrogen and oxygen atoms in total. The SMILES string of the molecule is CCN(CC)S(=O)(=O)c1ccc2nnc(SCC(=O)Nc3ccc(C)cc3Cl)n2c1. The van der Waals surface area contributed by atoms with Gasteiger partial charge in [-0.25, -0.2) is 8.42 Å². The molecule has 0 aliphatic heterocycles. The van der Waals surface area contributed by atoms with Crippen LogP contribution in [0.1, 0.15) is 19.4 Å². The first-order valence-corrected chi connectivity index (χ1v) is 12.1. The Bertz CT molecular complexity index is 1180. The number of rotatable bonds is 8. The summed E-state index contributed by atoms with van der Waals surface area (Å²) in [5, 5.41) is 11.8. The van der Waals surface area contributed by atoms with Gasteiger partial charge in [0, 0.05) is 19.3 Å². The van der Waals surface area contributed by atoms with Crippen LogP contribution in [0.2, 0.25) is 5.02 Å². The fourth-order valence-electron chi connectivity index (χ4n) is 2.85. The molecule has 0 radical (unpaired) electrons. The highest BCUT2D eigenvalue weighted by Gasteiger charge is 2.23. The van der Waals surface area contributed by atoms with Gasteiger partial charge < -0.3 is 5.32 Å². The highest BCUT2D eigenvalue weighted by molar-refractivity contribution is 7.99. The molecule has 1 aromatic carbocycles. The second-order valence-electron chi connectivity index (χ2n) is 6.49. The predicted molar refractivity (Wildman–Crippen MR) is 119 cm³/mol. The van der Waals surface area contributed by atoms with Gasteiger partial charge in [0.2, 0.25) is 15.9 Å². The number of hydrogen-bond acceptors (Lipinski definition) is 6. The average molecular weight is 468 g/mol. The molecule has 0 spiro atoms. The van der Waals surface area contributed by atoms with Crippen LogP contribution in [-0.2, 0) is 14.8 Å². The quantitative estimate of drug-likeness (QED) is 0.509. The Morgan fingerprint density at radius 1 is 1.20 bits per heavy atom. The Hall–Kier alpha value is -2.14. The second kappa shape index (κ2) is 9.34. The van der Waals surface area contributed by atoms with Gasteiger partial charge in [-0.3, -0.25) is 9.20 Å². The molecule has 3 rings (SSSR count). The Morgan fingerprint density at radius 3 is 2.60 bits per heavy atom. The molecule has 0 bridgehead atoms. The summed E-state index contributed by atoms with van der Waals surface area (Å²) in [6, 6.07) is 8.49. The molecular weight excluding hydrogens is 446 g/mol. The number of hydrogen-bond donors (Lipinski definition) is 1. The summed E-state index contributed by atoms with van der Waals surface area (Å²) in [6.45, 7) is 6.25. The zero-order chi connectivity index (χ0) is 21.9. The van der Waals surface area contributed by atoms with E-state index in [1.165, 1.54) is 16.6 Å². The Morgan fingerprint density at radius 2 is 1.93 bits per heavy atom. The maximum atomic E-state index is 12.8. The van der Waals surface area contributed by atoms with E-state index in [1.807, 2.05) is 13.0 Å². The molecule has 11 heteroatoms. The van der Waals surface area contributed by atoms with Gasteiger partial charge in [-0.05, 0) is 36.8 Å². The lowest BCUT2D eigenvalue weighted by Crippen LogP contribution is -2.30. The van der Waals surface area contributed by atoms with Crippen molar-refractivity contribution in [3.8, 4) is 0 Å². The van der Waals surface area contributed by atoms with Crippen molar-refractivity contribution >= 4 is 50.6 Å². The summed E-state index contributed by atoms with van der Waals surface area (Å²) in [5.41, 5.74) is 2.03. The molecular formula is C19H22ClN5O3S2. The molecule has 3 aromatic rings. The van der Waals surface area contributed by atoms with Gasteiger partial charge in [0.05, 0.1) is 21.4 Å². The number of sulfonamides is 1. The number of aryl methyl sites for hydroxylation is 1. The Kier molecular flexibility index (Phi) is 7.02. The van der Waals surface area contributed by atoms with Crippen LogP contribution in [-0.4, -0.2) is 52.1 Å². The van der Waals surface area contributed by atoms with E-state index in [-0.39, 0.29) is 16.6 Å².